The molecule has 0 aromatic heterocycles. The number of aliphatic hydroxyl groups excluding tert-OH is 1. The summed E-state index contributed by atoms with van der Waals surface area (Å²) in [6.45, 7) is 1.39. The lowest BCUT2D eigenvalue weighted by molar-refractivity contribution is -0.141. The van der Waals surface area contributed by atoms with E-state index in [9.17, 15) is 58.5 Å². The first kappa shape index (κ1) is 62.2. The van der Waals surface area contributed by atoms with Crippen molar-refractivity contribution >= 4 is 85.6 Å². The number of nitrogens with zero attached hydrogens (tertiary/aromatic N) is 1. The second-order valence-electron chi connectivity index (χ2n) is 19.5. The number of hydrogen-bond acceptors (Lipinski definition) is 15. The van der Waals surface area contributed by atoms with Gasteiger partial charge in [-0.1, -0.05) is 125 Å². The zero-order valence-electron chi connectivity index (χ0n) is 44.6. The fourth-order valence-corrected chi connectivity index (χ4v) is 10.9. The van der Waals surface area contributed by atoms with Crippen LogP contribution in [-0.2, 0) is 57.6 Å². The van der Waals surface area contributed by atoms with Crippen molar-refractivity contribution in [2.45, 2.75) is 100 Å². The van der Waals surface area contributed by atoms with Crippen LogP contribution in [0.25, 0.3) is 10.8 Å². The average Bonchev–Trinajstić information content (AvgIpc) is 3.57. The lowest BCUT2D eigenvalue weighted by atomic mass is 10.0. The van der Waals surface area contributed by atoms with Crippen LogP contribution in [0.5, 0.6) is 5.75 Å². The molecule has 5 aromatic rings. The third-order valence-electron chi connectivity index (χ3n) is 13.2. The third-order valence-corrected chi connectivity index (χ3v) is 15.7. The molecule has 1 aliphatic rings. The molecular weight excluding hydrogens is 1080 g/mol. The Morgan fingerprint density at radius 1 is 0.580 bits per heavy atom. The quantitative estimate of drug-likeness (QED) is 0.0545. The van der Waals surface area contributed by atoms with Gasteiger partial charge in [-0.05, 0) is 84.5 Å². The predicted octanol–water partition coefficient (Wildman–Crippen LogP) is 1.01. The number of benzene rings is 5. The van der Waals surface area contributed by atoms with E-state index in [2.05, 4.69) is 37.2 Å². The molecule has 0 bridgehead atoms. The molecule has 1 fully saturated rings. The number of fused-ring (bicyclic) bond motifs is 1. The van der Waals surface area contributed by atoms with Gasteiger partial charge in [-0.3, -0.25) is 38.4 Å². The highest BCUT2D eigenvalue weighted by molar-refractivity contribution is 8.76. The van der Waals surface area contributed by atoms with E-state index in [-0.39, 0.29) is 61.5 Å². The smallest absolute Gasteiger partial charge is 0.327 e. The largest absolute Gasteiger partial charge is 0.508 e. The monoisotopic (exact) mass is 1150 g/mol. The summed E-state index contributed by atoms with van der Waals surface area (Å²) in [5.74, 6) is -9.34. The van der Waals surface area contributed by atoms with Gasteiger partial charge < -0.3 is 68.9 Å². The number of aromatic hydroxyl groups is 1. The van der Waals surface area contributed by atoms with Crippen LogP contribution in [0.15, 0.2) is 127 Å². The number of carboxylic acid groups (broad SMARTS) is 1. The number of amides is 8. The molecule has 1 aliphatic heterocycles. The van der Waals surface area contributed by atoms with Gasteiger partial charge in [-0.2, -0.15) is 0 Å². The van der Waals surface area contributed by atoms with E-state index in [0.717, 1.165) is 31.9 Å². The number of unbranched alkanes of at least 4 members (excludes halogenated alkanes) is 1. The zero-order valence-corrected chi connectivity index (χ0v) is 46.3. The summed E-state index contributed by atoms with van der Waals surface area (Å²) in [5, 5.41) is 51.1. The van der Waals surface area contributed by atoms with Crippen molar-refractivity contribution in [1.29, 1.82) is 0 Å². The Balaban J connectivity index is 1.43. The Bertz CT molecular complexity index is 3000. The molecule has 0 unspecified atom stereocenters. The third kappa shape index (κ3) is 18.5. The van der Waals surface area contributed by atoms with E-state index in [0.29, 0.717) is 28.5 Å². The Morgan fingerprint density at radius 3 is 1.65 bits per heavy atom. The van der Waals surface area contributed by atoms with Crippen molar-refractivity contribution in [2.75, 3.05) is 25.1 Å². The van der Waals surface area contributed by atoms with E-state index in [1.807, 2.05) is 12.1 Å². The number of aliphatic carboxylic acids is 1. The number of carbonyl (C=O) groups excluding carboxylic acids is 8. The van der Waals surface area contributed by atoms with Crippen LogP contribution in [0.4, 0.5) is 0 Å². The predicted molar refractivity (Wildman–Crippen MR) is 307 cm³/mol. The number of hydrogen-bond donors (Lipinski definition) is 12. The zero-order chi connectivity index (χ0) is 58.6. The van der Waals surface area contributed by atoms with Crippen molar-refractivity contribution < 1.29 is 58.5 Å². The van der Waals surface area contributed by atoms with Gasteiger partial charge in [0.1, 0.15) is 42.0 Å². The number of phenols is 1. The number of rotatable bonds is 14. The average molecular weight is 1150 g/mol. The van der Waals surface area contributed by atoms with Gasteiger partial charge >= 0.3 is 5.97 Å². The summed E-state index contributed by atoms with van der Waals surface area (Å²) in [6.07, 6.45) is -3.59. The molecule has 14 N–H and O–H groups in total. The topological polar surface area (TPSA) is 354 Å². The van der Waals surface area contributed by atoms with Gasteiger partial charge in [0.15, 0.2) is 6.17 Å². The number of carbonyl (C=O) groups is 9. The molecule has 0 saturated carbocycles. The first-order chi connectivity index (χ1) is 38.8. The summed E-state index contributed by atoms with van der Waals surface area (Å²) in [6, 6.07) is 24.4. The Morgan fingerprint density at radius 2 is 1.07 bits per heavy atom. The highest BCUT2D eigenvalue weighted by atomic mass is 33.1. The maximum Gasteiger partial charge on any atom is 0.327 e. The first-order valence-electron chi connectivity index (χ1n) is 26.2. The van der Waals surface area contributed by atoms with Crippen molar-refractivity contribution in [3.8, 4) is 5.75 Å². The van der Waals surface area contributed by atoms with Gasteiger partial charge in [0, 0.05) is 43.4 Å². The molecule has 0 spiro atoms. The van der Waals surface area contributed by atoms with Crippen LogP contribution in [0.1, 0.15) is 53.2 Å². The fraction of sp³-hybridized carbons (Fsp3) is 0.351. The molecule has 0 aliphatic carbocycles. The van der Waals surface area contributed by atoms with E-state index >= 15 is 0 Å². The molecule has 1 heterocycles. The van der Waals surface area contributed by atoms with E-state index in [1.54, 1.807) is 84.9 Å². The highest BCUT2D eigenvalue weighted by Crippen LogP contribution is 2.24. The molecule has 22 nitrogen and oxygen atoms in total. The number of phenolic OH excluding ortho intramolecular Hbond substituents is 1. The second kappa shape index (κ2) is 30.5. The normalized spacial score (nSPS) is 22.8. The SMILES string of the molecule is C[C@@H](O)[C@@H]1NC(=O)[C@H](CCCCN)NC(=O)[C@@H](N(C)C(=O)c2ccc3ccccc3c2)NC(=O)[C@H](Cc2ccc(O)cc2)NC(=O)[C@H](Cc2ccccc2)NC(=O)[C@H](N)CSSC[C@@H](C(=O)O)NC(=O)[C@H](Cc2ccccc2)NC1=O. The maximum atomic E-state index is 15.0. The van der Waals surface area contributed by atoms with Crippen LogP contribution < -0.4 is 48.7 Å². The van der Waals surface area contributed by atoms with Gasteiger partial charge in [0.05, 0.1) is 12.1 Å². The van der Waals surface area contributed by atoms with E-state index < -0.39 is 108 Å². The molecule has 24 heteroatoms. The molecule has 430 valence electrons. The number of carboxylic acids is 1. The number of nitrogens with two attached hydrogens (primary N) is 2. The summed E-state index contributed by atoms with van der Waals surface area (Å²) in [4.78, 5) is 129. The van der Waals surface area contributed by atoms with Crippen LogP contribution in [0.3, 0.4) is 0 Å². The van der Waals surface area contributed by atoms with Gasteiger partial charge in [0.2, 0.25) is 35.4 Å². The van der Waals surface area contributed by atoms with Gasteiger partial charge in [-0.25, -0.2) is 4.79 Å². The summed E-state index contributed by atoms with van der Waals surface area (Å²) < 4.78 is 0. The van der Waals surface area contributed by atoms with Crippen molar-refractivity contribution in [2.24, 2.45) is 11.5 Å². The first-order valence-corrected chi connectivity index (χ1v) is 28.7. The van der Waals surface area contributed by atoms with Crippen LogP contribution in [0.2, 0.25) is 0 Å². The lowest BCUT2D eigenvalue weighted by Gasteiger charge is -2.32. The van der Waals surface area contributed by atoms with Crippen molar-refractivity contribution in [3.05, 3.63) is 150 Å². The van der Waals surface area contributed by atoms with Crippen LogP contribution in [-0.4, -0.2) is 153 Å². The molecular formula is C57H68N10O12S2. The summed E-state index contributed by atoms with van der Waals surface area (Å²) in [5.41, 5.74) is 13.9. The standard InChI is InChI=1S/C57H68N10O12S2/c1-33(68)47-54(75)63-44(28-35-15-7-4-8-16-35)52(73)64-46(57(78)79)32-81-80-31-41(59)49(70)61-43(27-34-13-5-3-6-14-34)51(72)62-45(29-36-20-24-40(69)25-21-36)53(74)66-48(55(76)60-42(50(71)65-47)19-11-12-26-58)67(2)56(77)39-23-22-37-17-9-10-18-38(37)30-39/h3-10,13-18,20-25,30,33,41-48,68-69H,11-12,19,26-29,31-32,58-59H2,1-2H3,(H,60,76)(H,61,70)(H,62,72)(H,63,75)(H,64,73)(H,65,71)(H,66,74)(H,78,79)/t33-,41-,42+,43+,44+,45+,46+,47+,48-/m1/s1. The minimum atomic E-state index is -1.94. The molecule has 0 radical (unpaired) electrons. The minimum Gasteiger partial charge on any atom is -0.508 e. The van der Waals surface area contributed by atoms with E-state index in [1.165, 1.54) is 44.3 Å². The number of nitrogens with one attached hydrogen (secondary N) is 7. The second-order valence-corrected chi connectivity index (χ2v) is 22.0. The molecule has 81 heavy (non-hydrogen) atoms. The molecule has 6 rings (SSSR count). The Kier molecular flexibility index (Phi) is 23.4. The lowest BCUT2D eigenvalue weighted by Crippen LogP contribution is -2.64. The molecule has 9 atom stereocenters. The maximum absolute atomic E-state index is 15.0. The van der Waals surface area contributed by atoms with E-state index in [4.69, 9.17) is 11.5 Å². The fourth-order valence-electron chi connectivity index (χ4n) is 8.66. The van der Waals surface area contributed by atoms with Crippen molar-refractivity contribution in [1.82, 2.24) is 42.1 Å². The van der Waals surface area contributed by atoms with Crippen LogP contribution >= 0.6 is 21.6 Å². The Labute approximate surface area is 476 Å². The number of aliphatic hydroxyl groups is 1. The molecule has 8 amide bonds. The molecule has 1 saturated heterocycles. The summed E-state index contributed by atoms with van der Waals surface area (Å²) >= 11 is 0. The highest BCUT2D eigenvalue weighted by Gasteiger charge is 2.38. The molecule has 5 aromatic carbocycles. The minimum absolute atomic E-state index is 0.0934. The van der Waals surface area contributed by atoms with Crippen LogP contribution in [0, 0.1) is 0 Å². The Hall–Kier alpha value is -8.03. The number of likely N-dealkylation sites (N-methyl/N-ethyl adjacent to an activating group) is 1. The van der Waals surface area contributed by atoms with Gasteiger partial charge in [-0.15, -0.1) is 0 Å². The van der Waals surface area contributed by atoms with Gasteiger partial charge in [0.25, 0.3) is 11.8 Å². The van der Waals surface area contributed by atoms with Crippen molar-refractivity contribution in [3.63, 3.8) is 0 Å². The summed E-state index contributed by atoms with van der Waals surface area (Å²) in [7, 11) is 3.24.